The van der Waals surface area contributed by atoms with E-state index in [-0.39, 0.29) is 6.10 Å². The van der Waals surface area contributed by atoms with Gasteiger partial charge in [-0.25, -0.2) is 0 Å². The Kier molecular flexibility index (Phi) is 4.13. The number of β-amino-alcohol motifs (C(OH)–C–C–N with tert-alkyl or cyclic N) is 1. The number of aliphatic hydroxyl groups is 1. The molecule has 2 heteroatoms. The Morgan fingerprint density at radius 3 is 2.80 bits per heavy atom. The molecule has 0 spiro atoms. The number of nitrogens with zero attached hydrogens (tertiary/aromatic N) is 1. The standard InChI is InChI=1S/C18H27NO/c1-13-8-9-16(14(2)11-13)18(20)12-19-10-4-6-15-5-3-7-17(15)19/h8-9,11,15,17-18,20H,3-7,10,12H2,1-2H3. The van der Waals surface area contributed by atoms with Crippen LogP contribution >= 0.6 is 0 Å². The molecular formula is C18H27NO. The molecule has 1 aliphatic carbocycles. The molecule has 1 saturated heterocycles. The highest BCUT2D eigenvalue weighted by molar-refractivity contribution is 5.32. The number of aryl methyl sites for hydroxylation is 2. The zero-order valence-electron chi connectivity index (χ0n) is 12.8. The highest BCUT2D eigenvalue weighted by atomic mass is 16.3. The minimum Gasteiger partial charge on any atom is -0.387 e. The van der Waals surface area contributed by atoms with E-state index in [0.29, 0.717) is 0 Å². The fourth-order valence-electron chi connectivity index (χ4n) is 4.30. The monoisotopic (exact) mass is 273 g/mol. The lowest BCUT2D eigenvalue weighted by atomic mass is 9.91. The van der Waals surface area contributed by atoms with Crippen LogP contribution in [0.25, 0.3) is 0 Å². The van der Waals surface area contributed by atoms with Gasteiger partial charge in [0.15, 0.2) is 0 Å². The second-order valence-electron chi connectivity index (χ2n) is 6.77. The van der Waals surface area contributed by atoms with Crippen LogP contribution in [-0.4, -0.2) is 29.1 Å². The smallest absolute Gasteiger partial charge is 0.0919 e. The second-order valence-corrected chi connectivity index (χ2v) is 6.77. The number of aliphatic hydroxyl groups excluding tert-OH is 1. The van der Waals surface area contributed by atoms with Gasteiger partial charge in [-0.05, 0) is 63.1 Å². The van der Waals surface area contributed by atoms with E-state index >= 15 is 0 Å². The van der Waals surface area contributed by atoms with Crippen molar-refractivity contribution in [2.45, 2.75) is 58.1 Å². The topological polar surface area (TPSA) is 23.5 Å². The fourth-order valence-corrected chi connectivity index (χ4v) is 4.30. The summed E-state index contributed by atoms with van der Waals surface area (Å²) in [5, 5.41) is 10.6. The second kappa shape index (κ2) is 5.87. The molecular weight excluding hydrogens is 246 g/mol. The molecule has 1 aromatic rings. The van der Waals surface area contributed by atoms with Crippen LogP contribution in [0.3, 0.4) is 0 Å². The fraction of sp³-hybridized carbons (Fsp3) is 0.667. The Bertz CT molecular complexity index is 470. The van der Waals surface area contributed by atoms with Gasteiger partial charge < -0.3 is 5.11 Å². The Balaban J connectivity index is 1.70. The average Bonchev–Trinajstić information content (AvgIpc) is 2.87. The summed E-state index contributed by atoms with van der Waals surface area (Å²) in [6, 6.07) is 7.13. The maximum atomic E-state index is 10.6. The molecule has 1 heterocycles. The van der Waals surface area contributed by atoms with E-state index < -0.39 is 0 Å². The van der Waals surface area contributed by atoms with Gasteiger partial charge in [0, 0.05) is 12.6 Å². The summed E-state index contributed by atoms with van der Waals surface area (Å²) in [5.74, 6) is 0.898. The molecule has 1 saturated carbocycles. The third-order valence-corrected chi connectivity index (χ3v) is 5.30. The molecule has 0 radical (unpaired) electrons. The van der Waals surface area contributed by atoms with Crippen molar-refractivity contribution in [2.24, 2.45) is 5.92 Å². The van der Waals surface area contributed by atoms with Gasteiger partial charge in [-0.15, -0.1) is 0 Å². The van der Waals surface area contributed by atoms with Gasteiger partial charge in [0.2, 0.25) is 0 Å². The van der Waals surface area contributed by atoms with E-state index in [4.69, 9.17) is 0 Å². The lowest BCUT2D eigenvalue weighted by Crippen LogP contribution is -2.44. The van der Waals surface area contributed by atoms with Gasteiger partial charge in [0.05, 0.1) is 6.10 Å². The number of likely N-dealkylation sites (tertiary alicyclic amines) is 1. The normalized spacial score (nSPS) is 28.4. The summed E-state index contributed by atoms with van der Waals surface area (Å²) in [7, 11) is 0. The van der Waals surface area contributed by atoms with E-state index in [1.54, 1.807) is 0 Å². The number of fused-ring (bicyclic) bond motifs is 1. The van der Waals surface area contributed by atoms with Gasteiger partial charge >= 0.3 is 0 Å². The zero-order valence-corrected chi connectivity index (χ0v) is 12.8. The molecule has 0 aromatic heterocycles. The molecule has 1 aromatic carbocycles. The largest absolute Gasteiger partial charge is 0.387 e. The molecule has 1 N–H and O–H groups in total. The van der Waals surface area contributed by atoms with E-state index in [1.807, 2.05) is 0 Å². The Morgan fingerprint density at radius 2 is 2.00 bits per heavy atom. The number of piperidine rings is 1. The highest BCUT2D eigenvalue weighted by Gasteiger charge is 2.35. The predicted molar refractivity (Wildman–Crippen MR) is 82.8 cm³/mol. The van der Waals surface area contributed by atoms with Crippen molar-refractivity contribution >= 4 is 0 Å². The van der Waals surface area contributed by atoms with Gasteiger partial charge in [-0.2, -0.15) is 0 Å². The quantitative estimate of drug-likeness (QED) is 0.909. The van der Waals surface area contributed by atoms with Crippen LogP contribution in [0.5, 0.6) is 0 Å². The minimum absolute atomic E-state index is 0.338. The van der Waals surface area contributed by atoms with E-state index in [1.165, 1.54) is 49.8 Å². The molecule has 2 nitrogen and oxygen atoms in total. The van der Waals surface area contributed by atoms with Crippen molar-refractivity contribution in [3.63, 3.8) is 0 Å². The van der Waals surface area contributed by atoms with Gasteiger partial charge in [0.25, 0.3) is 0 Å². The van der Waals surface area contributed by atoms with E-state index in [0.717, 1.165) is 24.1 Å². The molecule has 3 rings (SSSR count). The third kappa shape index (κ3) is 2.77. The summed E-state index contributed by atoms with van der Waals surface area (Å²) in [5.41, 5.74) is 3.60. The molecule has 20 heavy (non-hydrogen) atoms. The van der Waals surface area contributed by atoms with Crippen LogP contribution in [0.4, 0.5) is 0 Å². The maximum absolute atomic E-state index is 10.6. The van der Waals surface area contributed by atoms with Gasteiger partial charge in [-0.1, -0.05) is 30.2 Å². The summed E-state index contributed by atoms with van der Waals surface area (Å²) in [4.78, 5) is 2.56. The van der Waals surface area contributed by atoms with Crippen LogP contribution in [0.2, 0.25) is 0 Å². The molecule has 2 fully saturated rings. The first-order chi connectivity index (χ1) is 9.65. The van der Waals surface area contributed by atoms with Gasteiger partial charge in [-0.3, -0.25) is 4.90 Å². The first-order valence-corrected chi connectivity index (χ1v) is 8.14. The van der Waals surface area contributed by atoms with Crippen LogP contribution < -0.4 is 0 Å². The molecule has 110 valence electrons. The van der Waals surface area contributed by atoms with Crippen molar-refractivity contribution < 1.29 is 5.11 Å². The molecule has 0 amide bonds. The van der Waals surface area contributed by atoms with Crippen molar-refractivity contribution in [1.29, 1.82) is 0 Å². The molecule has 2 aliphatic rings. The van der Waals surface area contributed by atoms with Gasteiger partial charge in [0.1, 0.15) is 0 Å². The predicted octanol–water partition coefficient (Wildman–Crippen LogP) is 3.60. The Morgan fingerprint density at radius 1 is 1.20 bits per heavy atom. The lowest BCUT2D eigenvalue weighted by Gasteiger charge is -2.39. The number of hydrogen-bond donors (Lipinski definition) is 1. The maximum Gasteiger partial charge on any atom is 0.0919 e. The first-order valence-electron chi connectivity index (χ1n) is 8.14. The Labute approximate surface area is 122 Å². The summed E-state index contributed by atoms with van der Waals surface area (Å²) >= 11 is 0. The lowest BCUT2D eigenvalue weighted by molar-refractivity contribution is 0.0504. The van der Waals surface area contributed by atoms with E-state index in [9.17, 15) is 5.11 Å². The van der Waals surface area contributed by atoms with Crippen LogP contribution in [0, 0.1) is 19.8 Å². The molecule has 3 atom stereocenters. The van der Waals surface area contributed by atoms with E-state index in [2.05, 4.69) is 36.9 Å². The molecule has 1 aliphatic heterocycles. The van der Waals surface area contributed by atoms with Crippen LogP contribution in [0.15, 0.2) is 18.2 Å². The van der Waals surface area contributed by atoms with Crippen molar-refractivity contribution in [2.75, 3.05) is 13.1 Å². The summed E-state index contributed by atoms with van der Waals surface area (Å²) < 4.78 is 0. The summed E-state index contributed by atoms with van der Waals surface area (Å²) in [6.07, 6.45) is 6.49. The molecule has 3 unspecified atom stereocenters. The third-order valence-electron chi connectivity index (χ3n) is 5.30. The number of hydrogen-bond acceptors (Lipinski definition) is 2. The highest BCUT2D eigenvalue weighted by Crippen LogP contribution is 2.37. The summed E-state index contributed by atoms with van der Waals surface area (Å²) in [6.45, 7) is 6.20. The van der Waals surface area contributed by atoms with Crippen molar-refractivity contribution in [3.8, 4) is 0 Å². The van der Waals surface area contributed by atoms with Crippen LogP contribution in [-0.2, 0) is 0 Å². The van der Waals surface area contributed by atoms with Crippen molar-refractivity contribution in [1.82, 2.24) is 4.90 Å². The zero-order chi connectivity index (χ0) is 14.1. The minimum atomic E-state index is -0.338. The first kappa shape index (κ1) is 14.1. The van der Waals surface area contributed by atoms with Crippen LogP contribution in [0.1, 0.15) is 54.9 Å². The number of rotatable bonds is 3. The average molecular weight is 273 g/mol. The SMILES string of the molecule is Cc1ccc(C(O)CN2CCCC3CCCC32)c(C)c1. The Hall–Kier alpha value is -0.860. The molecule has 0 bridgehead atoms. The number of benzene rings is 1. The van der Waals surface area contributed by atoms with Crippen molar-refractivity contribution in [3.05, 3.63) is 34.9 Å².